The second kappa shape index (κ2) is 5.77. The molecular formula is C9H17NO2. The van der Waals surface area contributed by atoms with Crippen LogP contribution in [0.15, 0.2) is 11.6 Å². The average molecular weight is 171 g/mol. The highest BCUT2D eigenvalue weighted by Crippen LogP contribution is 1.95. The van der Waals surface area contributed by atoms with Gasteiger partial charge in [0.05, 0.1) is 6.10 Å². The first-order valence-corrected chi connectivity index (χ1v) is 4.20. The number of nitrogens with one attached hydrogen (secondary N) is 1. The predicted octanol–water partition coefficient (Wildman–Crippen LogP) is 1.80. The van der Waals surface area contributed by atoms with E-state index in [0.29, 0.717) is 5.57 Å². The van der Waals surface area contributed by atoms with Crippen LogP contribution in [0.3, 0.4) is 0 Å². The number of carbonyl (C=O) groups excluding carboxylic acids is 1. The van der Waals surface area contributed by atoms with Gasteiger partial charge in [-0.25, -0.2) is 5.48 Å². The van der Waals surface area contributed by atoms with Crippen LogP contribution in [0.5, 0.6) is 0 Å². The van der Waals surface area contributed by atoms with Crippen molar-refractivity contribution in [1.82, 2.24) is 5.48 Å². The summed E-state index contributed by atoms with van der Waals surface area (Å²) in [7, 11) is 0. The minimum Gasteiger partial charge on any atom is -0.270 e. The fourth-order valence-electron chi connectivity index (χ4n) is 0.449. The number of hydrogen-bond acceptors (Lipinski definition) is 2. The highest BCUT2D eigenvalue weighted by atomic mass is 16.7. The van der Waals surface area contributed by atoms with Crippen molar-refractivity contribution in [2.45, 2.75) is 40.2 Å². The third-order valence-corrected chi connectivity index (χ3v) is 1.72. The number of allylic oxidation sites excluding steroid dienone is 1. The summed E-state index contributed by atoms with van der Waals surface area (Å²) in [5.74, 6) is -0.169. The second-order valence-corrected chi connectivity index (χ2v) is 2.74. The lowest BCUT2D eigenvalue weighted by atomic mass is 10.3. The number of carbonyl (C=O) groups is 1. The van der Waals surface area contributed by atoms with Crippen LogP contribution in [-0.2, 0) is 9.63 Å². The van der Waals surface area contributed by atoms with E-state index in [9.17, 15) is 4.79 Å². The molecule has 0 rings (SSSR count). The van der Waals surface area contributed by atoms with E-state index < -0.39 is 0 Å². The first-order valence-electron chi connectivity index (χ1n) is 4.20. The molecule has 0 spiro atoms. The highest BCUT2D eigenvalue weighted by Gasteiger charge is 2.04. The van der Waals surface area contributed by atoms with Crippen LogP contribution in [0.4, 0.5) is 0 Å². The summed E-state index contributed by atoms with van der Waals surface area (Å²) in [4.78, 5) is 16.1. The lowest BCUT2D eigenvalue weighted by Gasteiger charge is -2.10. The zero-order chi connectivity index (χ0) is 9.56. The molecule has 0 fully saturated rings. The summed E-state index contributed by atoms with van der Waals surface area (Å²) >= 11 is 0. The fourth-order valence-corrected chi connectivity index (χ4v) is 0.449. The van der Waals surface area contributed by atoms with Gasteiger partial charge in [-0.15, -0.1) is 0 Å². The van der Waals surface area contributed by atoms with E-state index in [-0.39, 0.29) is 12.0 Å². The van der Waals surface area contributed by atoms with Crippen LogP contribution >= 0.6 is 0 Å². The van der Waals surface area contributed by atoms with Gasteiger partial charge < -0.3 is 0 Å². The van der Waals surface area contributed by atoms with Crippen molar-refractivity contribution in [2.75, 3.05) is 0 Å². The zero-order valence-electron chi connectivity index (χ0n) is 8.18. The van der Waals surface area contributed by atoms with Gasteiger partial charge in [0.15, 0.2) is 0 Å². The van der Waals surface area contributed by atoms with Crippen LogP contribution in [0, 0.1) is 0 Å². The molecule has 0 bridgehead atoms. The average Bonchev–Trinajstić information content (AvgIpc) is 2.11. The predicted molar refractivity (Wildman–Crippen MR) is 48.4 cm³/mol. The normalized spacial score (nSPS) is 14.2. The Kier molecular flexibility index (Phi) is 5.37. The van der Waals surface area contributed by atoms with E-state index in [0.717, 1.165) is 6.42 Å². The van der Waals surface area contributed by atoms with Gasteiger partial charge in [-0.3, -0.25) is 9.63 Å². The van der Waals surface area contributed by atoms with Gasteiger partial charge in [-0.05, 0) is 27.2 Å². The molecule has 0 aliphatic heterocycles. The van der Waals surface area contributed by atoms with Gasteiger partial charge in [-0.1, -0.05) is 13.0 Å². The van der Waals surface area contributed by atoms with E-state index >= 15 is 0 Å². The molecule has 0 saturated heterocycles. The van der Waals surface area contributed by atoms with Gasteiger partial charge in [0.2, 0.25) is 0 Å². The Morgan fingerprint density at radius 2 is 2.25 bits per heavy atom. The SMILES string of the molecule is CC=C(C)C(=O)NOC(C)CC. The van der Waals surface area contributed by atoms with Gasteiger partial charge in [-0.2, -0.15) is 0 Å². The van der Waals surface area contributed by atoms with Crippen molar-refractivity contribution in [2.24, 2.45) is 0 Å². The molecule has 0 aromatic heterocycles. The van der Waals surface area contributed by atoms with E-state index in [2.05, 4.69) is 5.48 Å². The molecular weight excluding hydrogens is 154 g/mol. The molecule has 1 atom stereocenters. The second-order valence-electron chi connectivity index (χ2n) is 2.74. The Hall–Kier alpha value is -0.830. The lowest BCUT2D eigenvalue weighted by Crippen LogP contribution is -2.28. The van der Waals surface area contributed by atoms with Crippen molar-refractivity contribution >= 4 is 5.91 Å². The molecule has 0 radical (unpaired) electrons. The van der Waals surface area contributed by atoms with Crippen LogP contribution in [0.1, 0.15) is 34.1 Å². The zero-order valence-corrected chi connectivity index (χ0v) is 8.18. The standard InChI is InChI=1S/C9H17NO2/c1-5-7(3)9(11)10-12-8(4)6-2/h5,8H,6H2,1-4H3,(H,10,11). The molecule has 0 aromatic rings. The molecule has 1 N–H and O–H groups in total. The van der Waals surface area contributed by atoms with Gasteiger partial charge in [0.25, 0.3) is 5.91 Å². The van der Waals surface area contributed by atoms with Crippen molar-refractivity contribution in [1.29, 1.82) is 0 Å². The lowest BCUT2D eigenvalue weighted by molar-refractivity contribution is -0.133. The third kappa shape index (κ3) is 4.13. The molecule has 3 heteroatoms. The maximum Gasteiger partial charge on any atom is 0.270 e. The molecule has 1 unspecified atom stereocenters. The van der Waals surface area contributed by atoms with E-state index in [4.69, 9.17) is 4.84 Å². The Labute approximate surface area is 73.7 Å². The smallest absolute Gasteiger partial charge is 0.270 e. The molecule has 12 heavy (non-hydrogen) atoms. The fraction of sp³-hybridized carbons (Fsp3) is 0.667. The maximum absolute atomic E-state index is 11.1. The molecule has 0 aliphatic carbocycles. The minimum absolute atomic E-state index is 0.0682. The number of amides is 1. The summed E-state index contributed by atoms with van der Waals surface area (Å²) in [6, 6.07) is 0. The van der Waals surface area contributed by atoms with Crippen molar-refractivity contribution in [3.63, 3.8) is 0 Å². The van der Waals surface area contributed by atoms with Crippen LogP contribution in [-0.4, -0.2) is 12.0 Å². The Bertz CT molecular complexity index is 175. The summed E-state index contributed by atoms with van der Waals surface area (Å²) in [6.07, 6.45) is 2.70. The largest absolute Gasteiger partial charge is 0.270 e. The Morgan fingerprint density at radius 1 is 1.67 bits per heavy atom. The monoisotopic (exact) mass is 171 g/mol. The van der Waals surface area contributed by atoms with Gasteiger partial charge in [0.1, 0.15) is 0 Å². The molecule has 0 heterocycles. The number of rotatable bonds is 4. The van der Waals surface area contributed by atoms with Crippen molar-refractivity contribution in [3.05, 3.63) is 11.6 Å². The van der Waals surface area contributed by atoms with E-state index in [1.54, 1.807) is 13.0 Å². The van der Waals surface area contributed by atoms with E-state index in [1.807, 2.05) is 20.8 Å². The molecule has 3 nitrogen and oxygen atoms in total. The van der Waals surface area contributed by atoms with Gasteiger partial charge in [0, 0.05) is 5.57 Å². The van der Waals surface area contributed by atoms with Crippen LogP contribution in [0.2, 0.25) is 0 Å². The third-order valence-electron chi connectivity index (χ3n) is 1.72. The summed E-state index contributed by atoms with van der Waals surface area (Å²) in [5, 5.41) is 0. The Morgan fingerprint density at radius 3 is 2.67 bits per heavy atom. The number of hydrogen-bond donors (Lipinski definition) is 1. The molecule has 1 amide bonds. The molecule has 0 saturated carbocycles. The highest BCUT2D eigenvalue weighted by molar-refractivity contribution is 5.91. The van der Waals surface area contributed by atoms with Crippen LogP contribution < -0.4 is 5.48 Å². The van der Waals surface area contributed by atoms with Gasteiger partial charge >= 0.3 is 0 Å². The molecule has 0 aliphatic rings. The first kappa shape index (κ1) is 11.2. The summed E-state index contributed by atoms with van der Waals surface area (Å²) in [5.41, 5.74) is 3.04. The van der Waals surface area contributed by atoms with E-state index in [1.165, 1.54) is 0 Å². The summed E-state index contributed by atoms with van der Waals surface area (Å²) < 4.78 is 0. The van der Waals surface area contributed by atoms with Crippen LogP contribution in [0.25, 0.3) is 0 Å². The number of hydroxylamine groups is 1. The first-order chi connectivity index (χ1) is 5.61. The molecule has 70 valence electrons. The van der Waals surface area contributed by atoms with Crippen molar-refractivity contribution in [3.8, 4) is 0 Å². The summed E-state index contributed by atoms with van der Waals surface area (Å²) in [6.45, 7) is 7.47. The van der Waals surface area contributed by atoms with Crippen molar-refractivity contribution < 1.29 is 9.63 Å². The minimum atomic E-state index is -0.169. The maximum atomic E-state index is 11.1. The topological polar surface area (TPSA) is 38.3 Å². The Balaban J connectivity index is 3.72. The quantitative estimate of drug-likeness (QED) is 0.517. The molecule has 0 aromatic carbocycles.